The molecule has 2 aliphatic carbocycles. The van der Waals surface area contributed by atoms with Crippen LogP contribution in [0.4, 0.5) is 4.39 Å². The van der Waals surface area contributed by atoms with Gasteiger partial charge in [-0.3, -0.25) is 0 Å². The summed E-state index contributed by atoms with van der Waals surface area (Å²) in [6.07, 6.45) is 20.7. The van der Waals surface area contributed by atoms with Gasteiger partial charge in [-0.2, -0.15) is 0 Å². The highest BCUT2D eigenvalue weighted by Crippen LogP contribution is 2.40. The van der Waals surface area contributed by atoms with Crippen LogP contribution in [-0.4, -0.2) is 6.61 Å². The SMILES string of the molecule is CCCCCOc1ccc(C2CCC(CCC3CCC(CC=CF)CC3)CC2)cc1. The van der Waals surface area contributed by atoms with Crippen LogP contribution >= 0.6 is 0 Å². The van der Waals surface area contributed by atoms with Crippen LogP contribution in [-0.2, 0) is 0 Å². The second-order valence-corrected chi connectivity index (χ2v) is 9.90. The van der Waals surface area contributed by atoms with E-state index in [0.717, 1.165) is 55.2 Å². The predicted molar refractivity (Wildman–Crippen MR) is 126 cm³/mol. The van der Waals surface area contributed by atoms with E-state index in [9.17, 15) is 4.39 Å². The van der Waals surface area contributed by atoms with E-state index in [1.807, 2.05) is 0 Å². The van der Waals surface area contributed by atoms with Crippen LogP contribution in [0.5, 0.6) is 5.75 Å². The van der Waals surface area contributed by atoms with Crippen molar-refractivity contribution in [1.82, 2.24) is 0 Å². The van der Waals surface area contributed by atoms with Crippen molar-refractivity contribution in [2.24, 2.45) is 17.8 Å². The zero-order valence-corrected chi connectivity index (χ0v) is 19.2. The fourth-order valence-corrected chi connectivity index (χ4v) is 5.63. The van der Waals surface area contributed by atoms with Gasteiger partial charge in [0.2, 0.25) is 0 Å². The average molecular weight is 415 g/mol. The van der Waals surface area contributed by atoms with E-state index in [4.69, 9.17) is 4.74 Å². The first-order chi connectivity index (χ1) is 14.8. The Morgan fingerprint density at radius 2 is 1.43 bits per heavy atom. The normalized spacial score (nSPS) is 27.4. The van der Waals surface area contributed by atoms with Crippen molar-refractivity contribution in [3.63, 3.8) is 0 Å². The summed E-state index contributed by atoms with van der Waals surface area (Å²) in [5.41, 5.74) is 1.51. The van der Waals surface area contributed by atoms with E-state index >= 15 is 0 Å². The molecule has 2 aliphatic rings. The van der Waals surface area contributed by atoms with Crippen molar-refractivity contribution in [3.8, 4) is 5.75 Å². The van der Waals surface area contributed by atoms with Gasteiger partial charge >= 0.3 is 0 Å². The summed E-state index contributed by atoms with van der Waals surface area (Å²) >= 11 is 0. The van der Waals surface area contributed by atoms with Gasteiger partial charge in [0.15, 0.2) is 0 Å². The predicted octanol–water partition coefficient (Wildman–Crippen LogP) is 8.99. The van der Waals surface area contributed by atoms with Gasteiger partial charge in [-0.05, 0) is 92.7 Å². The number of hydrogen-bond donors (Lipinski definition) is 0. The van der Waals surface area contributed by atoms with Crippen LogP contribution in [0.3, 0.4) is 0 Å². The van der Waals surface area contributed by atoms with Crippen LogP contribution < -0.4 is 4.74 Å². The van der Waals surface area contributed by atoms with E-state index < -0.39 is 0 Å². The van der Waals surface area contributed by atoms with E-state index in [1.165, 1.54) is 82.6 Å². The van der Waals surface area contributed by atoms with Crippen molar-refractivity contribution in [3.05, 3.63) is 42.2 Å². The minimum absolute atomic E-state index is 0.721. The number of hydrogen-bond acceptors (Lipinski definition) is 1. The van der Waals surface area contributed by atoms with Crippen molar-refractivity contribution >= 4 is 0 Å². The van der Waals surface area contributed by atoms with Crippen molar-refractivity contribution in [1.29, 1.82) is 0 Å². The highest BCUT2D eigenvalue weighted by molar-refractivity contribution is 5.29. The number of rotatable bonds is 11. The second-order valence-electron chi connectivity index (χ2n) is 9.90. The van der Waals surface area contributed by atoms with E-state index in [2.05, 4.69) is 31.2 Å². The standard InChI is InChI=1S/C28H43FO/c1-2-3-4-22-30-28-19-17-27(18-20-28)26-15-13-25(14-16-26)12-11-24-9-7-23(8-10-24)6-5-21-29/h5,17-21,23-26H,2-4,6-16,22H2,1H3. The molecule has 0 saturated heterocycles. The lowest BCUT2D eigenvalue weighted by molar-refractivity contribution is 0.231. The summed E-state index contributed by atoms with van der Waals surface area (Å²) in [5.74, 6) is 4.37. The molecule has 0 unspecified atom stereocenters. The van der Waals surface area contributed by atoms with Crippen LogP contribution in [0.1, 0.15) is 108 Å². The summed E-state index contributed by atoms with van der Waals surface area (Å²) in [5, 5.41) is 0. The van der Waals surface area contributed by atoms with Gasteiger partial charge in [-0.25, -0.2) is 4.39 Å². The first-order valence-corrected chi connectivity index (χ1v) is 12.8. The first-order valence-electron chi connectivity index (χ1n) is 12.8. The Bertz CT molecular complexity index is 592. The molecular weight excluding hydrogens is 371 g/mol. The minimum Gasteiger partial charge on any atom is -0.494 e. The summed E-state index contributed by atoms with van der Waals surface area (Å²) in [4.78, 5) is 0. The highest BCUT2D eigenvalue weighted by Gasteiger charge is 2.25. The third-order valence-corrected chi connectivity index (χ3v) is 7.72. The maximum atomic E-state index is 12.2. The third-order valence-electron chi connectivity index (χ3n) is 7.72. The fraction of sp³-hybridized carbons (Fsp3) is 0.714. The smallest absolute Gasteiger partial charge is 0.119 e. The van der Waals surface area contributed by atoms with E-state index in [0.29, 0.717) is 0 Å². The van der Waals surface area contributed by atoms with Gasteiger partial charge in [0.1, 0.15) is 5.75 Å². The van der Waals surface area contributed by atoms with Gasteiger partial charge in [-0.1, -0.05) is 63.7 Å². The highest BCUT2D eigenvalue weighted by atomic mass is 19.1. The molecule has 0 spiro atoms. The Labute approximate surface area is 184 Å². The Balaban J connectivity index is 1.31. The minimum atomic E-state index is 0.721. The van der Waals surface area contributed by atoms with Gasteiger partial charge in [0.25, 0.3) is 0 Å². The molecule has 0 aromatic heterocycles. The van der Waals surface area contributed by atoms with Gasteiger partial charge in [0, 0.05) is 0 Å². The molecular formula is C28H43FO. The molecule has 2 heteroatoms. The topological polar surface area (TPSA) is 9.23 Å². The van der Waals surface area contributed by atoms with Gasteiger partial charge < -0.3 is 4.74 Å². The maximum absolute atomic E-state index is 12.2. The molecule has 3 rings (SSSR count). The zero-order chi connectivity index (χ0) is 21.0. The lowest BCUT2D eigenvalue weighted by Crippen LogP contribution is -2.17. The first kappa shape index (κ1) is 23.4. The molecule has 0 radical (unpaired) electrons. The number of unbranched alkanes of at least 4 members (excludes halogenated alkanes) is 2. The zero-order valence-electron chi connectivity index (χ0n) is 19.2. The molecule has 2 saturated carbocycles. The van der Waals surface area contributed by atoms with Crippen LogP contribution in [0, 0.1) is 17.8 Å². The second kappa shape index (κ2) is 13.2. The average Bonchev–Trinajstić information content (AvgIpc) is 2.81. The molecule has 0 amide bonds. The number of ether oxygens (including phenoxy) is 1. The van der Waals surface area contributed by atoms with Crippen LogP contribution in [0.25, 0.3) is 0 Å². The monoisotopic (exact) mass is 414 g/mol. The van der Waals surface area contributed by atoms with Crippen molar-refractivity contribution < 1.29 is 9.13 Å². The molecule has 168 valence electrons. The Morgan fingerprint density at radius 3 is 2.03 bits per heavy atom. The van der Waals surface area contributed by atoms with Crippen LogP contribution in [0.2, 0.25) is 0 Å². The van der Waals surface area contributed by atoms with Gasteiger partial charge in [-0.15, -0.1) is 0 Å². The number of benzene rings is 1. The molecule has 0 atom stereocenters. The fourth-order valence-electron chi connectivity index (χ4n) is 5.63. The summed E-state index contributed by atoms with van der Waals surface area (Å²) in [6, 6.07) is 8.95. The lowest BCUT2D eigenvalue weighted by Gasteiger charge is -2.32. The van der Waals surface area contributed by atoms with Crippen molar-refractivity contribution in [2.45, 2.75) is 103 Å². The number of halogens is 1. The third kappa shape index (κ3) is 7.75. The summed E-state index contributed by atoms with van der Waals surface area (Å²) < 4.78 is 18.1. The maximum Gasteiger partial charge on any atom is 0.119 e. The quantitative estimate of drug-likeness (QED) is 0.328. The largest absolute Gasteiger partial charge is 0.494 e. The Kier molecular flexibility index (Phi) is 10.3. The lowest BCUT2D eigenvalue weighted by atomic mass is 9.74. The number of allylic oxidation sites excluding steroid dienone is 1. The van der Waals surface area contributed by atoms with Gasteiger partial charge in [0.05, 0.1) is 12.9 Å². The van der Waals surface area contributed by atoms with Crippen molar-refractivity contribution in [2.75, 3.05) is 6.61 Å². The molecule has 0 heterocycles. The molecule has 0 bridgehead atoms. The summed E-state index contributed by atoms with van der Waals surface area (Å²) in [7, 11) is 0. The molecule has 1 aromatic rings. The molecule has 1 aromatic carbocycles. The van der Waals surface area contributed by atoms with E-state index in [1.54, 1.807) is 6.08 Å². The van der Waals surface area contributed by atoms with Crippen LogP contribution in [0.15, 0.2) is 36.7 Å². The molecule has 0 aliphatic heterocycles. The molecule has 1 nitrogen and oxygen atoms in total. The molecule has 2 fully saturated rings. The molecule has 30 heavy (non-hydrogen) atoms. The van der Waals surface area contributed by atoms with E-state index in [-0.39, 0.29) is 0 Å². The molecule has 0 N–H and O–H groups in total. The summed E-state index contributed by atoms with van der Waals surface area (Å²) in [6.45, 7) is 3.07. The Hall–Kier alpha value is -1.31. The Morgan fingerprint density at radius 1 is 0.833 bits per heavy atom.